The molecule has 0 radical (unpaired) electrons. The molecule has 6 N–H and O–H groups in total. The third-order valence-electron chi connectivity index (χ3n) is 4.38. The predicted molar refractivity (Wildman–Crippen MR) is 85.3 cm³/mol. The van der Waals surface area contributed by atoms with E-state index in [9.17, 15) is 30.3 Å². The first-order valence-electron chi connectivity index (χ1n) is 7.80. The molecular weight excluding hydrogens is 316 g/mol. The normalized spacial score (nSPS) is 30.1. The summed E-state index contributed by atoms with van der Waals surface area (Å²) in [7, 11) is 0. The fraction of sp³-hybridized carbons (Fsp3) is 0.562. The van der Waals surface area contributed by atoms with E-state index in [0.717, 1.165) is 0 Å². The number of carbonyl (C=O) groups is 1. The maximum Gasteiger partial charge on any atom is 0.253 e. The first kappa shape index (κ1) is 18.8. The summed E-state index contributed by atoms with van der Waals surface area (Å²) in [5.74, 6) is -0.368. The second-order valence-electron chi connectivity index (χ2n) is 6.01. The number of aliphatic hydroxyl groups excluding tert-OH is 5. The van der Waals surface area contributed by atoms with Crippen molar-refractivity contribution in [3.8, 4) is 0 Å². The number of nitrogens with one attached hydrogen (secondary N) is 1. The Morgan fingerprint density at radius 3 is 2.46 bits per heavy atom. The van der Waals surface area contributed by atoms with Crippen molar-refractivity contribution in [2.24, 2.45) is 0 Å². The van der Waals surface area contributed by atoms with Gasteiger partial charge in [-0.25, -0.2) is 0 Å². The summed E-state index contributed by atoms with van der Waals surface area (Å²) >= 11 is 0. The van der Waals surface area contributed by atoms with Crippen LogP contribution in [0.3, 0.4) is 0 Å². The van der Waals surface area contributed by atoms with E-state index in [1.807, 2.05) is 0 Å². The molecule has 4 unspecified atom stereocenters. The zero-order valence-electron chi connectivity index (χ0n) is 13.2. The molecule has 0 aromatic heterocycles. The van der Waals surface area contributed by atoms with Crippen LogP contribution in [-0.2, 0) is 0 Å². The maximum absolute atomic E-state index is 12.6. The lowest BCUT2D eigenvalue weighted by Gasteiger charge is -2.47. The van der Waals surface area contributed by atoms with Gasteiger partial charge in [-0.1, -0.05) is 18.2 Å². The lowest BCUT2D eigenvalue weighted by Crippen LogP contribution is -2.73. The lowest BCUT2D eigenvalue weighted by atomic mass is 9.82. The standard InChI is InChI=1S/C16H24N2O6/c19-7-6-18(15(24)11-4-2-1-3-5-11)9-16(10-20)14(23)13(22)12(21)8-17-16/h1-5,12-14,17,19-23H,6-10H2. The number of amides is 1. The molecule has 1 amide bonds. The van der Waals surface area contributed by atoms with Crippen molar-refractivity contribution < 1.29 is 30.3 Å². The summed E-state index contributed by atoms with van der Waals surface area (Å²) in [6.45, 7) is -1.01. The highest BCUT2D eigenvalue weighted by Gasteiger charge is 2.49. The summed E-state index contributed by atoms with van der Waals surface area (Å²) in [6.07, 6.45) is -4.09. The number of β-amino-alcohol motifs (C(OH)–C–C–N with tert-alkyl or cyclic N) is 1. The minimum atomic E-state index is -1.48. The number of aliphatic hydroxyl groups is 5. The van der Waals surface area contributed by atoms with Crippen LogP contribution >= 0.6 is 0 Å². The molecule has 1 aliphatic heterocycles. The van der Waals surface area contributed by atoms with Crippen LogP contribution < -0.4 is 5.32 Å². The molecule has 1 aliphatic rings. The summed E-state index contributed by atoms with van der Waals surface area (Å²) in [5.41, 5.74) is -0.983. The number of hydrogen-bond acceptors (Lipinski definition) is 7. The van der Waals surface area contributed by atoms with Crippen LogP contribution in [0.25, 0.3) is 0 Å². The molecule has 1 saturated heterocycles. The minimum absolute atomic E-state index is 0.00251. The molecule has 24 heavy (non-hydrogen) atoms. The molecule has 4 atom stereocenters. The monoisotopic (exact) mass is 340 g/mol. The number of nitrogens with zero attached hydrogens (tertiary/aromatic N) is 1. The average molecular weight is 340 g/mol. The molecule has 0 aliphatic carbocycles. The Labute approximate surface area is 140 Å². The zero-order chi connectivity index (χ0) is 17.7. The van der Waals surface area contributed by atoms with Gasteiger partial charge >= 0.3 is 0 Å². The van der Waals surface area contributed by atoms with Crippen LogP contribution in [-0.4, -0.2) is 93.0 Å². The topological polar surface area (TPSA) is 133 Å². The quantitative estimate of drug-likeness (QED) is 0.338. The Morgan fingerprint density at radius 2 is 1.88 bits per heavy atom. The summed E-state index contributed by atoms with van der Waals surface area (Å²) in [6, 6.07) is 8.44. The van der Waals surface area contributed by atoms with E-state index in [1.54, 1.807) is 30.3 Å². The van der Waals surface area contributed by atoms with Gasteiger partial charge in [-0.3, -0.25) is 4.79 Å². The van der Waals surface area contributed by atoms with Crippen molar-refractivity contribution in [1.29, 1.82) is 0 Å². The van der Waals surface area contributed by atoms with Gasteiger partial charge in [-0.2, -0.15) is 0 Å². The average Bonchev–Trinajstić information content (AvgIpc) is 2.62. The van der Waals surface area contributed by atoms with Crippen molar-refractivity contribution in [3.63, 3.8) is 0 Å². The molecule has 2 rings (SSSR count). The number of rotatable bonds is 6. The van der Waals surface area contributed by atoms with Crippen LogP contribution in [0.15, 0.2) is 30.3 Å². The fourth-order valence-electron chi connectivity index (χ4n) is 2.90. The predicted octanol–water partition coefficient (Wildman–Crippen LogP) is -2.46. The number of carbonyl (C=O) groups excluding carboxylic acids is 1. The first-order valence-corrected chi connectivity index (χ1v) is 7.80. The second kappa shape index (κ2) is 8.02. The molecule has 1 aromatic carbocycles. The van der Waals surface area contributed by atoms with Crippen molar-refractivity contribution >= 4 is 5.91 Å². The molecule has 0 bridgehead atoms. The lowest BCUT2D eigenvalue weighted by molar-refractivity contribution is -0.137. The summed E-state index contributed by atoms with van der Waals surface area (Å²) in [4.78, 5) is 13.9. The van der Waals surface area contributed by atoms with Crippen LogP contribution in [0.1, 0.15) is 10.4 Å². The van der Waals surface area contributed by atoms with E-state index in [2.05, 4.69) is 5.32 Å². The molecule has 134 valence electrons. The molecule has 1 heterocycles. The zero-order valence-corrected chi connectivity index (χ0v) is 13.2. The highest BCUT2D eigenvalue weighted by Crippen LogP contribution is 2.23. The number of benzene rings is 1. The van der Waals surface area contributed by atoms with Gasteiger partial charge in [0.25, 0.3) is 5.91 Å². The Hall–Kier alpha value is -1.55. The van der Waals surface area contributed by atoms with E-state index in [1.165, 1.54) is 4.90 Å². The van der Waals surface area contributed by atoms with Gasteiger partial charge in [0.1, 0.15) is 12.2 Å². The Balaban J connectivity index is 2.23. The van der Waals surface area contributed by atoms with Crippen LogP contribution in [0, 0.1) is 0 Å². The Morgan fingerprint density at radius 1 is 1.21 bits per heavy atom. The largest absolute Gasteiger partial charge is 0.395 e. The van der Waals surface area contributed by atoms with Gasteiger partial charge in [-0.05, 0) is 12.1 Å². The van der Waals surface area contributed by atoms with Crippen LogP contribution in [0.4, 0.5) is 0 Å². The molecular formula is C16H24N2O6. The molecule has 0 spiro atoms. The highest BCUT2D eigenvalue weighted by atomic mass is 16.4. The van der Waals surface area contributed by atoms with Gasteiger partial charge in [-0.15, -0.1) is 0 Å². The van der Waals surface area contributed by atoms with E-state index in [0.29, 0.717) is 5.56 Å². The van der Waals surface area contributed by atoms with Crippen molar-refractivity contribution in [3.05, 3.63) is 35.9 Å². The van der Waals surface area contributed by atoms with Crippen molar-refractivity contribution in [1.82, 2.24) is 10.2 Å². The summed E-state index contributed by atoms with van der Waals surface area (Å²) < 4.78 is 0. The van der Waals surface area contributed by atoms with Gasteiger partial charge in [0.2, 0.25) is 0 Å². The maximum atomic E-state index is 12.6. The van der Waals surface area contributed by atoms with Gasteiger partial charge in [0, 0.05) is 25.2 Å². The second-order valence-corrected chi connectivity index (χ2v) is 6.01. The molecule has 1 aromatic rings. The molecule has 0 saturated carbocycles. The highest BCUT2D eigenvalue weighted by molar-refractivity contribution is 5.94. The van der Waals surface area contributed by atoms with Crippen LogP contribution in [0.5, 0.6) is 0 Å². The number of piperidine rings is 1. The van der Waals surface area contributed by atoms with E-state index >= 15 is 0 Å². The van der Waals surface area contributed by atoms with E-state index in [4.69, 9.17) is 0 Å². The smallest absolute Gasteiger partial charge is 0.253 e. The van der Waals surface area contributed by atoms with Gasteiger partial charge in [0.05, 0.1) is 24.9 Å². The summed E-state index contributed by atoms with van der Waals surface area (Å²) in [5, 5.41) is 51.7. The molecule has 1 fully saturated rings. The third-order valence-corrected chi connectivity index (χ3v) is 4.38. The minimum Gasteiger partial charge on any atom is -0.395 e. The van der Waals surface area contributed by atoms with Gasteiger partial charge < -0.3 is 35.7 Å². The van der Waals surface area contributed by atoms with E-state index in [-0.39, 0.29) is 32.1 Å². The van der Waals surface area contributed by atoms with Crippen LogP contribution in [0.2, 0.25) is 0 Å². The fourth-order valence-corrected chi connectivity index (χ4v) is 2.90. The van der Waals surface area contributed by atoms with Crippen molar-refractivity contribution in [2.75, 3.05) is 32.8 Å². The number of hydrogen-bond donors (Lipinski definition) is 6. The third kappa shape index (κ3) is 3.75. The van der Waals surface area contributed by atoms with Gasteiger partial charge in [0.15, 0.2) is 0 Å². The Bertz CT molecular complexity index is 543. The molecule has 8 heteroatoms. The first-order chi connectivity index (χ1) is 11.4. The molecule has 8 nitrogen and oxygen atoms in total. The SMILES string of the molecule is O=C(c1ccccc1)N(CCO)CC1(CO)NCC(O)C(O)C1O. The Kier molecular flexibility index (Phi) is 6.27. The van der Waals surface area contributed by atoms with Crippen molar-refractivity contribution in [2.45, 2.75) is 23.9 Å². The van der Waals surface area contributed by atoms with E-state index < -0.39 is 30.5 Å².